The summed E-state index contributed by atoms with van der Waals surface area (Å²) in [4.78, 5) is 11.6. The van der Waals surface area contributed by atoms with Crippen LogP contribution in [0.5, 0.6) is 0 Å². The maximum Gasteiger partial charge on any atom is 0.155 e. The smallest absolute Gasteiger partial charge is 0.155 e. The third-order valence-corrected chi connectivity index (χ3v) is 4.30. The zero-order chi connectivity index (χ0) is 16.3. The van der Waals surface area contributed by atoms with Gasteiger partial charge in [-0.15, -0.1) is 0 Å². The minimum Gasteiger partial charge on any atom is -0.295 e. The topological polar surface area (TPSA) is 17.1 Å². The molecule has 1 nitrogen and oxygen atoms in total. The average molecular weight is 309 g/mol. The summed E-state index contributed by atoms with van der Waals surface area (Å²) in [5.74, 6) is 0.326. The van der Waals surface area contributed by atoms with E-state index >= 15 is 0 Å². The molecular formula is C21H40O. The molecule has 0 unspecified atom stereocenters. The standard InChI is InChI=1S/C21H40O/c1-3-5-7-9-10-11-12-13-14-16-18-20-21(22)19-17-15-8-6-4-2/h17,19H,3-16,18,20H2,1-2H3. The first kappa shape index (κ1) is 21.4. The number of rotatable bonds is 17. The predicted molar refractivity (Wildman–Crippen MR) is 99.4 cm³/mol. The SMILES string of the molecule is CCCCCC=CC(=O)CCCCCCCCCCCCC. The van der Waals surface area contributed by atoms with Gasteiger partial charge in [0.2, 0.25) is 0 Å². The van der Waals surface area contributed by atoms with Crippen LogP contribution in [0.15, 0.2) is 12.2 Å². The fourth-order valence-corrected chi connectivity index (χ4v) is 2.77. The van der Waals surface area contributed by atoms with Gasteiger partial charge >= 0.3 is 0 Å². The Morgan fingerprint density at radius 2 is 1.09 bits per heavy atom. The average Bonchev–Trinajstić information content (AvgIpc) is 2.52. The molecule has 0 saturated carbocycles. The lowest BCUT2D eigenvalue weighted by Gasteiger charge is -2.02. The molecule has 0 amide bonds. The highest BCUT2D eigenvalue weighted by atomic mass is 16.1. The molecule has 0 rings (SSSR count). The van der Waals surface area contributed by atoms with E-state index in [4.69, 9.17) is 0 Å². The summed E-state index contributed by atoms with van der Waals surface area (Å²) in [6.07, 6.45) is 24.2. The molecule has 130 valence electrons. The summed E-state index contributed by atoms with van der Waals surface area (Å²) >= 11 is 0. The Hall–Kier alpha value is -0.590. The second-order valence-corrected chi connectivity index (χ2v) is 6.65. The molecule has 0 N–H and O–H groups in total. The van der Waals surface area contributed by atoms with Crippen LogP contribution in [-0.4, -0.2) is 5.78 Å². The lowest BCUT2D eigenvalue weighted by atomic mass is 10.0. The Bertz CT molecular complexity index is 255. The molecule has 0 aliphatic carbocycles. The zero-order valence-corrected chi connectivity index (χ0v) is 15.4. The molecule has 0 aliphatic heterocycles. The quantitative estimate of drug-likeness (QED) is 0.202. The Morgan fingerprint density at radius 1 is 0.636 bits per heavy atom. The Balaban J connectivity index is 3.20. The summed E-state index contributed by atoms with van der Waals surface area (Å²) in [5, 5.41) is 0. The van der Waals surface area contributed by atoms with Crippen molar-refractivity contribution < 1.29 is 4.79 Å². The number of carbonyl (C=O) groups is 1. The van der Waals surface area contributed by atoms with Gasteiger partial charge in [-0.25, -0.2) is 0 Å². The van der Waals surface area contributed by atoms with Crippen LogP contribution in [0.1, 0.15) is 117 Å². The van der Waals surface area contributed by atoms with Crippen molar-refractivity contribution in [3.63, 3.8) is 0 Å². The van der Waals surface area contributed by atoms with Gasteiger partial charge in [-0.05, 0) is 25.3 Å². The highest BCUT2D eigenvalue weighted by Crippen LogP contribution is 2.12. The van der Waals surface area contributed by atoms with Gasteiger partial charge in [0.15, 0.2) is 5.78 Å². The number of hydrogen-bond donors (Lipinski definition) is 0. The molecule has 0 saturated heterocycles. The first-order valence-corrected chi connectivity index (χ1v) is 10.0. The highest BCUT2D eigenvalue weighted by Gasteiger charge is 1.97. The molecule has 1 heteroatoms. The molecule has 0 fully saturated rings. The van der Waals surface area contributed by atoms with E-state index in [1.165, 1.54) is 83.5 Å². The monoisotopic (exact) mass is 308 g/mol. The third kappa shape index (κ3) is 17.5. The van der Waals surface area contributed by atoms with Crippen molar-refractivity contribution in [1.29, 1.82) is 0 Å². The van der Waals surface area contributed by atoms with Gasteiger partial charge < -0.3 is 0 Å². The highest BCUT2D eigenvalue weighted by molar-refractivity contribution is 5.89. The molecular weight excluding hydrogens is 268 g/mol. The van der Waals surface area contributed by atoms with E-state index in [1.54, 1.807) is 0 Å². The van der Waals surface area contributed by atoms with Crippen LogP contribution in [0.4, 0.5) is 0 Å². The molecule has 22 heavy (non-hydrogen) atoms. The molecule has 0 heterocycles. The van der Waals surface area contributed by atoms with Crippen molar-refractivity contribution >= 4 is 5.78 Å². The summed E-state index contributed by atoms with van der Waals surface area (Å²) < 4.78 is 0. The zero-order valence-electron chi connectivity index (χ0n) is 15.4. The maximum absolute atomic E-state index is 11.6. The number of unbranched alkanes of at least 4 members (excludes halogenated alkanes) is 13. The van der Waals surface area contributed by atoms with Crippen molar-refractivity contribution in [3.8, 4) is 0 Å². The normalized spacial score (nSPS) is 11.4. The molecule has 0 aromatic rings. The Labute approximate surface area is 140 Å². The van der Waals surface area contributed by atoms with Crippen LogP contribution in [-0.2, 0) is 4.79 Å². The Kier molecular flexibility index (Phi) is 18.0. The molecule has 0 atom stereocenters. The lowest BCUT2D eigenvalue weighted by Crippen LogP contribution is -1.92. The van der Waals surface area contributed by atoms with Crippen molar-refractivity contribution in [2.24, 2.45) is 0 Å². The van der Waals surface area contributed by atoms with Gasteiger partial charge in [0.1, 0.15) is 0 Å². The van der Waals surface area contributed by atoms with E-state index < -0.39 is 0 Å². The summed E-state index contributed by atoms with van der Waals surface area (Å²) in [6.45, 7) is 4.48. The van der Waals surface area contributed by atoms with E-state index in [0.717, 1.165) is 19.3 Å². The largest absolute Gasteiger partial charge is 0.295 e. The summed E-state index contributed by atoms with van der Waals surface area (Å²) in [5.41, 5.74) is 0. The fourth-order valence-electron chi connectivity index (χ4n) is 2.77. The van der Waals surface area contributed by atoms with E-state index in [-0.39, 0.29) is 0 Å². The molecule has 0 aromatic carbocycles. The fraction of sp³-hybridized carbons (Fsp3) is 0.857. The van der Waals surface area contributed by atoms with Gasteiger partial charge in [-0.3, -0.25) is 4.79 Å². The van der Waals surface area contributed by atoms with Gasteiger partial charge in [0.25, 0.3) is 0 Å². The van der Waals surface area contributed by atoms with Crippen molar-refractivity contribution in [1.82, 2.24) is 0 Å². The van der Waals surface area contributed by atoms with Crippen LogP contribution >= 0.6 is 0 Å². The van der Waals surface area contributed by atoms with Gasteiger partial charge in [0, 0.05) is 6.42 Å². The molecule has 0 bridgehead atoms. The second-order valence-electron chi connectivity index (χ2n) is 6.65. The van der Waals surface area contributed by atoms with Gasteiger partial charge in [-0.1, -0.05) is 97.0 Å². The molecule has 0 radical (unpaired) electrons. The van der Waals surface area contributed by atoms with E-state index in [2.05, 4.69) is 19.9 Å². The molecule has 0 aliphatic rings. The van der Waals surface area contributed by atoms with Crippen LogP contribution in [0.2, 0.25) is 0 Å². The van der Waals surface area contributed by atoms with Gasteiger partial charge in [0.05, 0.1) is 0 Å². The Morgan fingerprint density at radius 3 is 1.64 bits per heavy atom. The predicted octanol–water partition coefficient (Wildman–Crippen LogP) is 7.39. The van der Waals surface area contributed by atoms with Crippen LogP contribution in [0.25, 0.3) is 0 Å². The second kappa shape index (κ2) is 18.5. The van der Waals surface area contributed by atoms with E-state index in [9.17, 15) is 4.79 Å². The third-order valence-electron chi connectivity index (χ3n) is 4.30. The minimum atomic E-state index is 0.326. The molecule has 0 aromatic heterocycles. The van der Waals surface area contributed by atoms with Crippen molar-refractivity contribution in [2.75, 3.05) is 0 Å². The van der Waals surface area contributed by atoms with E-state index in [1.807, 2.05) is 6.08 Å². The number of allylic oxidation sites excluding steroid dienone is 2. The van der Waals surface area contributed by atoms with E-state index in [0.29, 0.717) is 5.78 Å². The van der Waals surface area contributed by atoms with Crippen LogP contribution in [0, 0.1) is 0 Å². The van der Waals surface area contributed by atoms with Crippen molar-refractivity contribution in [2.45, 2.75) is 117 Å². The maximum atomic E-state index is 11.6. The first-order valence-electron chi connectivity index (χ1n) is 10.0. The first-order chi connectivity index (χ1) is 10.8. The number of carbonyl (C=O) groups excluding carboxylic acids is 1. The summed E-state index contributed by atoms with van der Waals surface area (Å²) in [7, 11) is 0. The molecule has 0 spiro atoms. The van der Waals surface area contributed by atoms with Gasteiger partial charge in [-0.2, -0.15) is 0 Å². The van der Waals surface area contributed by atoms with Crippen molar-refractivity contribution in [3.05, 3.63) is 12.2 Å². The lowest BCUT2D eigenvalue weighted by molar-refractivity contribution is -0.114. The number of ketones is 1. The minimum absolute atomic E-state index is 0.326. The van der Waals surface area contributed by atoms with Crippen LogP contribution in [0.3, 0.4) is 0 Å². The van der Waals surface area contributed by atoms with Crippen LogP contribution < -0.4 is 0 Å². The summed E-state index contributed by atoms with van der Waals surface area (Å²) in [6, 6.07) is 0. The number of hydrogen-bond acceptors (Lipinski definition) is 1.